The number of aliphatic imine (C=N–C) groups is 1. The zero-order chi connectivity index (χ0) is 15.8. The van der Waals surface area contributed by atoms with Crippen LogP contribution in [-0.2, 0) is 4.79 Å². The van der Waals surface area contributed by atoms with E-state index in [0.717, 1.165) is 37.6 Å². The molecule has 0 saturated carbocycles. The molecule has 0 aromatic heterocycles. The van der Waals surface area contributed by atoms with Crippen LogP contribution in [0.4, 0.5) is 5.69 Å². The third-order valence-electron chi connectivity index (χ3n) is 3.66. The number of guanidine groups is 1. The molecule has 0 bridgehead atoms. The van der Waals surface area contributed by atoms with Crippen LogP contribution < -0.4 is 15.5 Å². The molecule has 1 fully saturated rings. The molecule has 128 valence electrons. The van der Waals surface area contributed by atoms with Crippen molar-refractivity contribution in [3.63, 3.8) is 0 Å². The van der Waals surface area contributed by atoms with Crippen LogP contribution in [0, 0.1) is 0 Å². The molecule has 0 spiro atoms. The number of rotatable bonds is 6. The summed E-state index contributed by atoms with van der Waals surface area (Å²) >= 11 is 0. The minimum Gasteiger partial charge on any atom is -0.357 e. The number of benzene rings is 1. The zero-order valence-corrected chi connectivity index (χ0v) is 16.2. The number of carbonyl (C=O) groups is 1. The number of carbonyl (C=O) groups excluding carboxylic acids is 1. The average Bonchev–Trinajstić information content (AvgIpc) is 2.89. The fourth-order valence-electron chi connectivity index (χ4n) is 2.52. The second-order valence-electron chi connectivity index (χ2n) is 5.50. The van der Waals surface area contributed by atoms with Crippen molar-refractivity contribution >= 4 is 41.5 Å². The molecule has 1 aliphatic heterocycles. The molecule has 1 aromatic rings. The largest absolute Gasteiger partial charge is 0.357 e. The van der Waals surface area contributed by atoms with Gasteiger partial charge in [-0.15, -0.1) is 24.0 Å². The maximum absolute atomic E-state index is 12.2. The molecule has 6 heteroatoms. The summed E-state index contributed by atoms with van der Waals surface area (Å²) in [5.41, 5.74) is 0.963. The molecule has 1 amide bonds. The Morgan fingerprint density at radius 1 is 1.30 bits per heavy atom. The highest BCUT2D eigenvalue weighted by molar-refractivity contribution is 14.0. The fraction of sp³-hybridized carbons (Fsp3) is 0.529. The van der Waals surface area contributed by atoms with Crippen LogP contribution >= 0.6 is 24.0 Å². The standard InChI is InChI=1S/C17H26N4O.HI/c1-3-5-11-19-17(18-4-2)20-14-12-16(22)21(13-14)15-9-7-6-8-10-15;/h6-10,14H,3-5,11-13H2,1-2H3,(H2,18,19,20);1H. The molecular weight excluding hydrogens is 403 g/mol. The summed E-state index contributed by atoms with van der Waals surface area (Å²) in [5, 5.41) is 6.63. The van der Waals surface area contributed by atoms with Gasteiger partial charge in [0.25, 0.3) is 0 Å². The van der Waals surface area contributed by atoms with Crippen LogP contribution in [0.15, 0.2) is 35.3 Å². The number of hydrogen-bond donors (Lipinski definition) is 2. The van der Waals surface area contributed by atoms with E-state index in [0.29, 0.717) is 13.0 Å². The van der Waals surface area contributed by atoms with E-state index in [9.17, 15) is 4.79 Å². The van der Waals surface area contributed by atoms with Gasteiger partial charge in [0.1, 0.15) is 0 Å². The molecule has 1 aromatic carbocycles. The van der Waals surface area contributed by atoms with Crippen LogP contribution in [0.3, 0.4) is 0 Å². The molecule has 23 heavy (non-hydrogen) atoms. The van der Waals surface area contributed by atoms with Gasteiger partial charge in [-0.05, 0) is 25.5 Å². The van der Waals surface area contributed by atoms with Crippen molar-refractivity contribution in [3.05, 3.63) is 30.3 Å². The molecule has 1 atom stereocenters. The first-order valence-corrected chi connectivity index (χ1v) is 8.14. The van der Waals surface area contributed by atoms with E-state index >= 15 is 0 Å². The zero-order valence-electron chi connectivity index (χ0n) is 13.9. The van der Waals surface area contributed by atoms with Crippen LogP contribution in [0.25, 0.3) is 0 Å². The van der Waals surface area contributed by atoms with Gasteiger partial charge in [-0.1, -0.05) is 31.5 Å². The van der Waals surface area contributed by atoms with E-state index in [2.05, 4.69) is 22.5 Å². The summed E-state index contributed by atoms with van der Waals surface area (Å²) in [5.74, 6) is 0.969. The van der Waals surface area contributed by atoms with Crippen LogP contribution in [0.1, 0.15) is 33.1 Å². The first-order chi connectivity index (χ1) is 10.7. The van der Waals surface area contributed by atoms with E-state index in [1.54, 1.807) is 0 Å². The Labute approximate surface area is 156 Å². The Hall–Kier alpha value is -1.31. The SMILES string of the molecule is CCCCN=C(NCC)NC1CC(=O)N(c2ccccc2)C1.I. The maximum Gasteiger partial charge on any atom is 0.229 e. The normalized spacial score (nSPS) is 17.8. The van der Waals surface area contributed by atoms with E-state index in [1.807, 2.05) is 42.2 Å². The highest BCUT2D eigenvalue weighted by Crippen LogP contribution is 2.20. The molecule has 5 nitrogen and oxygen atoms in total. The quantitative estimate of drug-likeness (QED) is 0.316. The van der Waals surface area contributed by atoms with Crippen molar-refractivity contribution in [3.8, 4) is 0 Å². The maximum atomic E-state index is 12.2. The topological polar surface area (TPSA) is 56.7 Å². The number of nitrogens with one attached hydrogen (secondary N) is 2. The number of halogens is 1. The Balaban J connectivity index is 0.00000264. The predicted octanol–water partition coefficient (Wildman–Crippen LogP) is 2.77. The van der Waals surface area contributed by atoms with E-state index in [1.165, 1.54) is 0 Å². The summed E-state index contributed by atoms with van der Waals surface area (Å²) in [6, 6.07) is 9.93. The van der Waals surface area contributed by atoms with Gasteiger partial charge in [-0.3, -0.25) is 9.79 Å². The average molecular weight is 430 g/mol. The second-order valence-corrected chi connectivity index (χ2v) is 5.50. The smallest absolute Gasteiger partial charge is 0.229 e. The molecule has 2 N–H and O–H groups in total. The highest BCUT2D eigenvalue weighted by Gasteiger charge is 2.30. The molecule has 0 aliphatic carbocycles. The van der Waals surface area contributed by atoms with Crippen molar-refractivity contribution in [2.75, 3.05) is 24.5 Å². The van der Waals surface area contributed by atoms with E-state index in [-0.39, 0.29) is 35.9 Å². The lowest BCUT2D eigenvalue weighted by molar-refractivity contribution is -0.117. The minimum atomic E-state index is 0. The second kappa shape index (κ2) is 10.5. The number of nitrogens with zero attached hydrogens (tertiary/aromatic N) is 2. The molecule has 1 aliphatic rings. The summed E-state index contributed by atoms with van der Waals surface area (Å²) in [6.07, 6.45) is 2.72. The van der Waals surface area contributed by atoms with Gasteiger partial charge in [0, 0.05) is 31.7 Å². The monoisotopic (exact) mass is 430 g/mol. The van der Waals surface area contributed by atoms with Gasteiger partial charge in [0.15, 0.2) is 5.96 Å². The first kappa shape index (κ1) is 19.7. The van der Waals surface area contributed by atoms with Gasteiger partial charge in [-0.25, -0.2) is 0 Å². The molecule has 1 unspecified atom stereocenters. The summed E-state index contributed by atoms with van der Waals surface area (Å²) < 4.78 is 0. The van der Waals surface area contributed by atoms with Crippen molar-refractivity contribution in [1.82, 2.24) is 10.6 Å². The lowest BCUT2D eigenvalue weighted by Crippen LogP contribution is -2.44. The Bertz CT molecular complexity index is 507. The number of para-hydroxylation sites is 1. The van der Waals surface area contributed by atoms with Gasteiger partial charge in [-0.2, -0.15) is 0 Å². The van der Waals surface area contributed by atoms with Gasteiger partial charge in [0.05, 0.1) is 6.04 Å². The molecule has 1 saturated heterocycles. The molecule has 2 rings (SSSR count). The first-order valence-electron chi connectivity index (χ1n) is 8.14. The van der Waals surface area contributed by atoms with Gasteiger partial charge >= 0.3 is 0 Å². The van der Waals surface area contributed by atoms with Crippen LogP contribution in [0.5, 0.6) is 0 Å². The van der Waals surface area contributed by atoms with Crippen molar-refractivity contribution in [2.45, 2.75) is 39.2 Å². The fourth-order valence-corrected chi connectivity index (χ4v) is 2.52. The number of hydrogen-bond acceptors (Lipinski definition) is 2. The van der Waals surface area contributed by atoms with E-state index in [4.69, 9.17) is 0 Å². The third-order valence-corrected chi connectivity index (χ3v) is 3.66. The Morgan fingerprint density at radius 3 is 2.70 bits per heavy atom. The molecular formula is C17H27IN4O. The lowest BCUT2D eigenvalue weighted by atomic mass is 10.2. The Morgan fingerprint density at radius 2 is 2.04 bits per heavy atom. The third kappa shape index (κ3) is 6.01. The number of anilines is 1. The summed E-state index contributed by atoms with van der Waals surface area (Å²) in [4.78, 5) is 18.6. The minimum absolute atomic E-state index is 0. The lowest BCUT2D eigenvalue weighted by Gasteiger charge is -2.19. The van der Waals surface area contributed by atoms with Crippen molar-refractivity contribution in [1.29, 1.82) is 0 Å². The molecule has 1 heterocycles. The summed E-state index contributed by atoms with van der Waals surface area (Å²) in [6.45, 7) is 6.52. The van der Waals surface area contributed by atoms with E-state index < -0.39 is 0 Å². The predicted molar refractivity (Wildman–Crippen MR) is 107 cm³/mol. The highest BCUT2D eigenvalue weighted by atomic mass is 127. The number of unbranched alkanes of at least 4 members (excludes halogenated alkanes) is 1. The van der Waals surface area contributed by atoms with Gasteiger partial charge < -0.3 is 15.5 Å². The Kier molecular flexibility index (Phi) is 8.98. The number of amides is 1. The molecule has 0 radical (unpaired) electrons. The van der Waals surface area contributed by atoms with Crippen molar-refractivity contribution in [2.24, 2.45) is 4.99 Å². The summed E-state index contributed by atoms with van der Waals surface area (Å²) in [7, 11) is 0. The van der Waals surface area contributed by atoms with Crippen LogP contribution in [0.2, 0.25) is 0 Å². The van der Waals surface area contributed by atoms with Crippen LogP contribution in [-0.4, -0.2) is 37.5 Å². The van der Waals surface area contributed by atoms with Gasteiger partial charge in [0.2, 0.25) is 5.91 Å². The van der Waals surface area contributed by atoms with Crippen molar-refractivity contribution < 1.29 is 4.79 Å².